The van der Waals surface area contributed by atoms with Gasteiger partial charge in [-0.3, -0.25) is 0 Å². The lowest BCUT2D eigenvalue weighted by Crippen LogP contribution is -2.14. The Morgan fingerprint density at radius 2 is 2.06 bits per heavy atom. The van der Waals surface area contributed by atoms with Crippen LogP contribution >= 0.6 is 12.2 Å². The summed E-state index contributed by atoms with van der Waals surface area (Å²) in [7, 11) is 0. The summed E-state index contributed by atoms with van der Waals surface area (Å²) in [5.41, 5.74) is 6.40. The maximum Gasteiger partial charge on any atom is 0.120 e. The molecule has 18 heavy (non-hydrogen) atoms. The van der Waals surface area contributed by atoms with E-state index < -0.39 is 0 Å². The van der Waals surface area contributed by atoms with Gasteiger partial charge in [-0.1, -0.05) is 37.2 Å². The summed E-state index contributed by atoms with van der Waals surface area (Å²) < 4.78 is 11.3. The molecule has 2 rings (SSSR count). The Labute approximate surface area is 113 Å². The molecule has 0 aromatic heterocycles. The molecule has 0 unspecified atom stereocenters. The predicted octanol–water partition coefficient (Wildman–Crippen LogP) is 2.66. The SMILES string of the molecule is NC(=S)c1cccc(OCCOC2CCCC2)c1. The Kier molecular flexibility index (Phi) is 4.96. The third-order valence-corrected chi connectivity index (χ3v) is 3.36. The number of hydrogen-bond acceptors (Lipinski definition) is 3. The molecule has 0 radical (unpaired) electrons. The average molecular weight is 265 g/mol. The van der Waals surface area contributed by atoms with Gasteiger partial charge in [0, 0.05) is 5.56 Å². The van der Waals surface area contributed by atoms with Crippen LogP contribution in [-0.4, -0.2) is 24.3 Å². The van der Waals surface area contributed by atoms with Crippen molar-refractivity contribution in [1.82, 2.24) is 0 Å². The summed E-state index contributed by atoms with van der Waals surface area (Å²) in [5.74, 6) is 0.787. The first-order chi connectivity index (χ1) is 8.75. The van der Waals surface area contributed by atoms with Gasteiger partial charge in [-0.2, -0.15) is 0 Å². The Bertz CT molecular complexity index is 403. The zero-order valence-corrected chi connectivity index (χ0v) is 11.2. The van der Waals surface area contributed by atoms with Gasteiger partial charge in [-0.25, -0.2) is 0 Å². The molecule has 3 nitrogen and oxygen atoms in total. The minimum absolute atomic E-state index is 0.391. The van der Waals surface area contributed by atoms with E-state index in [1.807, 2.05) is 24.3 Å². The summed E-state index contributed by atoms with van der Waals surface area (Å²) >= 11 is 4.93. The molecule has 0 bridgehead atoms. The zero-order valence-electron chi connectivity index (χ0n) is 10.4. The Hall–Kier alpha value is -1.13. The highest BCUT2D eigenvalue weighted by Crippen LogP contribution is 2.20. The van der Waals surface area contributed by atoms with Crippen molar-refractivity contribution in [3.8, 4) is 5.75 Å². The van der Waals surface area contributed by atoms with Gasteiger partial charge < -0.3 is 15.2 Å². The molecular weight excluding hydrogens is 246 g/mol. The van der Waals surface area contributed by atoms with Crippen LogP contribution in [0, 0.1) is 0 Å². The minimum Gasteiger partial charge on any atom is -0.491 e. The summed E-state index contributed by atoms with van der Waals surface area (Å²) in [5, 5.41) is 0. The normalized spacial score (nSPS) is 15.8. The summed E-state index contributed by atoms with van der Waals surface area (Å²) in [6.07, 6.45) is 5.41. The highest BCUT2D eigenvalue weighted by Gasteiger charge is 2.14. The smallest absolute Gasteiger partial charge is 0.120 e. The zero-order chi connectivity index (χ0) is 12.8. The van der Waals surface area contributed by atoms with Gasteiger partial charge >= 0.3 is 0 Å². The standard InChI is InChI=1S/C14H19NO2S/c15-14(18)11-4-3-7-13(10-11)17-9-8-16-12-5-1-2-6-12/h3-4,7,10,12H,1-2,5-6,8-9H2,(H2,15,18). The molecule has 1 aromatic carbocycles. The Morgan fingerprint density at radius 3 is 2.78 bits per heavy atom. The second kappa shape index (κ2) is 6.71. The molecule has 0 spiro atoms. The average Bonchev–Trinajstić information content (AvgIpc) is 2.88. The molecule has 0 amide bonds. The maximum absolute atomic E-state index is 5.73. The lowest BCUT2D eigenvalue weighted by Gasteiger charge is -2.12. The van der Waals surface area contributed by atoms with E-state index in [1.165, 1.54) is 25.7 Å². The molecule has 4 heteroatoms. The Balaban J connectivity index is 1.72. The van der Waals surface area contributed by atoms with Crippen molar-refractivity contribution < 1.29 is 9.47 Å². The van der Waals surface area contributed by atoms with Crippen molar-refractivity contribution >= 4 is 17.2 Å². The minimum atomic E-state index is 0.391. The van der Waals surface area contributed by atoms with E-state index in [2.05, 4.69) is 0 Å². The van der Waals surface area contributed by atoms with Gasteiger partial charge in [0.15, 0.2) is 0 Å². The molecule has 2 N–H and O–H groups in total. The molecule has 0 atom stereocenters. The van der Waals surface area contributed by atoms with E-state index in [0.717, 1.165) is 11.3 Å². The first kappa shape index (κ1) is 13.3. The topological polar surface area (TPSA) is 44.5 Å². The van der Waals surface area contributed by atoms with Crippen molar-refractivity contribution in [3.63, 3.8) is 0 Å². The monoisotopic (exact) mass is 265 g/mol. The van der Waals surface area contributed by atoms with Crippen LogP contribution in [0.15, 0.2) is 24.3 Å². The van der Waals surface area contributed by atoms with E-state index in [9.17, 15) is 0 Å². The third kappa shape index (κ3) is 3.96. The molecule has 1 fully saturated rings. The maximum atomic E-state index is 5.73. The number of nitrogens with two attached hydrogens (primary N) is 1. The van der Waals surface area contributed by atoms with Crippen molar-refractivity contribution in [2.24, 2.45) is 5.73 Å². The fourth-order valence-electron chi connectivity index (χ4n) is 2.17. The second-order valence-electron chi connectivity index (χ2n) is 4.52. The van der Waals surface area contributed by atoms with Crippen LogP contribution < -0.4 is 10.5 Å². The molecule has 0 aliphatic heterocycles. The van der Waals surface area contributed by atoms with E-state index in [4.69, 9.17) is 27.4 Å². The molecule has 0 saturated heterocycles. The summed E-state index contributed by atoms with van der Waals surface area (Å²) in [6.45, 7) is 1.21. The van der Waals surface area contributed by atoms with Crippen LogP contribution in [0.5, 0.6) is 5.75 Å². The van der Waals surface area contributed by atoms with Crippen LogP contribution in [0.25, 0.3) is 0 Å². The van der Waals surface area contributed by atoms with Gasteiger partial charge in [-0.05, 0) is 25.0 Å². The number of thiocarbonyl (C=S) groups is 1. The van der Waals surface area contributed by atoms with Crippen LogP contribution in [0.1, 0.15) is 31.2 Å². The first-order valence-corrected chi connectivity index (χ1v) is 6.81. The van der Waals surface area contributed by atoms with Gasteiger partial charge in [-0.15, -0.1) is 0 Å². The van der Waals surface area contributed by atoms with Crippen molar-refractivity contribution in [1.29, 1.82) is 0 Å². The predicted molar refractivity (Wildman–Crippen MR) is 76.0 cm³/mol. The summed E-state index contributed by atoms with van der Waals surface area (Å²) in [4.78, 5) is 0.391. The number of hydrogen-bond donors (Lipinski definition) is 1. The van der Waals surface area contributed by atoms with E-state index in [-0.39, 0.29) is 0 Å². The fourth-order valence-corrected chi connectivity index (χ4v) is 2.30. The van der Waals surface area contributed by atoms with Crippen molar-refractivity contribution in [2.75, 3.05) is 13.2 Å². The van der Waals surface area contributed by atoms with E-state index >= 15 is 0 Å². The van der Waals surface area contributed by atoms with Crippen LogP contribution in [0.2, 0.25) is 0 Å². The van der Waals surface area contributed by atoms with Crippen LogP contribution in [0.4, 0.5) is 0 Å². The number of ether oxygens (including phenoxy) is 2. The second-order valence-corrected chi connectivity index (χ2v) is 4.96. The summed E-state index contributed by atoms with van der Waals surface area (Å²) in [6, 6.07) is 7.53. The molecule has 0 heterocycles. The largest absolute Gasteiger partial charge is 0.491 e. The molecule has 1 aromatic rings. The molecular formula is C14H19NO2S. The van der Waals surface area contributed by atoms with Crippen molar-refractivity contribution in [3.05, 3.63) is 29.8 Å². The van der Waals surface area contributed by atoms with Crippen LogP contribution in [-0.2, 0) is 4.74 Å². The van der Waals surface area contributed by atoms with E-state index in [1.54, 1.807) is 0 Å². The van der Waals surface area contributed by atoms with Crippen LogP contribution in [0.3, 0.4) is 0 Å². The highest BCUT2D eigenvalue weighted by molar-refractivity contribution is 7.80. The van der Waals surface area contributed by atoms with Gasteiger partial charge in [0.1, 0.15) is 17.3 Å². The molecule has 1 saturated carbocycles. The van der Waals surface area contributed by atoms with E-state index in [0.29, 0.717) is 24.3 Å². The lowest BCUT2D eigenvalue weighted by molar-refractivity contribution is 0.0382. The first-order valence-electron chi connectivity index (χ1n) is 6.40. The van der Waals surface area contributed by atoms with Gasteiger partial charge in [0.2, 0.25) is 0 Å². The molecule has 98 valence electrons. The Morgan fingerprint density at radius 1 is 1.28 bits per heavy atom. The molecule has 1 aliphatic rings. The third-order valence-electron chi connectivity index (χ3n) is 3.13. The van der Waals surface area contributed by atoms with Gasteiger partial charge in [0.25, 0.3) is 0 Å². The molecule has 1 aliphatic carbocycles. The lowest BCUT2D eigenvalue weighted by atomic mass is 10.2. The highest BCUT2D eigenvalue weighted by atomic mass is 32.1. The quantitative estimate of drug-likeness (QED) is 0.634. The fraction of sp³-hybridized carbons (Fsp3) is 0.500. The van der Waals surface area contributed by atoms with Gasteiger partial charge in [0.05, 0.1) is 12.7 Å². The number of benzene rings is 1. The van der Waals surface area contributed by atoms with Crippen molar-refractivity contribution in [2.45, 2.75) is 31.8 Å². The number of rotatable bonds is 6.